The zero-order valence-electron chi connectivity index (χ0n) is 11.1. The van der Waals surface area contributed by atoms with Gasteiger partial charge in [0.2, 0.25) is 0 Å². The van der Waals surface area contributed by atoms with Gasteiger partial charge in [0, 0.05) is 12.0 Å². The van der Waals surface area contributed by atoms with Crippen LogP contribution in [-0.2, 0) is 16.0 Å². The Kier molecular flexibility index (Phi) is 3.95. The molecule has 0 amide bonds. The van der Waals surface area contributed by atoms with E-state index in [2.05, 4.69) is 0 Å². The van der Waals surface area contributed by atoms with E-state index >= 15 is 0 Å². The second kappa shape index (κ2) is 5.40. The molecule has 0 radical (unpaired) electrons. The van der Waals surface area contributed by atoms with Crippen LogP contribution in [0.4, 0.5) is 8.78 Å². The Morgan fingerprint density at radius 2 is 1.81 bits per heavy atom. The molecule has 7 heteroatoms. The van der Waals surface area contributed by atoms with E-state index in [1.165, 1.54) is 0 Å². The number of carbonyl (C=O) groups is 2. The van der Waals surface area contributed by atoms with E-state index in [4.69, 9.17) is 10.8 Å². The predicted molar refractivity (Wildman–Crippen MR) is 68.5 cm³/mol. The summed E-state index contributed by atoms with van der Waals surface area (Å²) in [7, 11) is 0. The first-order valence-electron chi connectivity index (χ1n) is 6.44. The first-order chi connectivity index (χ1) is 9.74. The third-order valence-corrected chi connectivity index (χ3v) is 3.92. The van der Waals surface area contributed by atoms with Gasteiger partial charge in [0.15, 0.2) is 0 Å². The molecule has 0 spiro atoms. The van der Waals surface area contributed by atoms with Crippen molar-refractivity contribution in [3.63, 3.8) is 0 Å². The maximum absolute atomic E-state index is 13.1. The van der Waals surface area contributed by atoms with Crippen LogP contribution in [0.1, 0.15) is 18.4 Å². The molecule has 1 unspecified atom stereocenters. The lowest BCUT2D eigenvalue weighted by atomic mass is 9.86. The summed E-state index contributed by atoms with van der Waals surface area (Å²) in [5, 5.41) is 18.1. The number of rotatable bonds is 6. The quantitative estimate of drug-likeness (QED) is 0.737. The van der Waals surface area contributed by atoms with Crippen molar-refractivity contribution in [2.45, 2.75) is 24.8 Å². The summed E-state index contributed by atoms with van der Waals surface area (Å²) in [6.45, 7) is 0. The van der Waals surface area contributed by atoms with Crippen molar-refractivity contribution in [1.29, 1.82) is 0 Å². The van der Waals surface area contributed by atoms with E-state index in [1.807, 2.05) is 0 Å². The third-order valence-electron chi connectivity index (χ3n) is 3.92. The molecule has 1 aromatic carbocycles. The Labute approximate surface area is 119 Å². The number of carboxylic acids is 2. The highest BCUT2D eigenvalue weighted by atomic mass is 19.1. The Bertz CT molecular complexity index is 572. The van der Waals surface area contributed by atoms with Crippen LogP contribution >= 0.6 is 0 Å². The topological polar surface area (TPSA) is 101 Å². The van der Waals surface area contributed by atoms with Crippen LogP contribution in [0.15, 0.2) is 18.2 Å². The molecule has 0 saturated heterocycles. The van der Waals surface area contributed by atoms with Crippen LogP contribution in [0.3, 0.4) is 0 Å². The van der Waals surface area contributed by atoms with E-state index in [0.29, 0.717) is 0 Å². The summed E-state index contributed by atoms with van der Waals surface area (Å²) in [5.74, 6) is -5.31. The molecule has 0 aromatic heterocycles. The van der Waals surface area contributed by atoms with Crippen molar-refractivity contribution in [3.8, 4) is 0 Å². The fourth-order valence-electron chi connectivity index (χ4n) is 2.59. The average molecular weight is 299 g/mol. The number of hydrogen-bond acceptors (Lipinski definition) is 3. The molecule has 5 nitrogen and oxygen atoms in total. The van der Waals surface area contributed by atoms with E-state index in [0.717, 1.165) is 18.2 Å². The first kappa shape index (κ1) is 15.4. The van der Waals surface area contributed by atoms with Crippen LogP contribution in [-0.4, -0.2) is 27.7 Å². The van der Waals surface area contributed by atoms with E-state index in [1.54, 1.807) is 0 Å². The molecular weight excluding hydrogens is 284 g/mol. The molecule has 21 heavy (non-hydrogen) atoms. The van der Waals surface area contributed by atoms with Gasteiger partial charge in [-0.15, -0.1) is 0 Å². The fraction of sp³-hybridized carbons (Fsp3) is 0.429. The van der Waals surface area contributed by atoms with E-state index in [-0.39, 0.29) is 24.8 Å². The molecule has 114 valence electrons. The molecule has 0 heterocycles. The molecule has 0 bridgehead atoms. The van der Waals surface area contributed by atoms with Crippen molar-refractivity contribution < 1.29 is 28.6 Å². The van der Waals surface area contributed by atoms with Crippen LogP contribution in [0, 0.1) is 23.5 Å². The highest BCUT2D eigenvalue weighted by molar-refractivity contribution is 5.83. The van der Waals surface area contributed by atoms with E-state index < -0.39 is 40.9 Å². The highest BCUT2D eigenvalue weighted by Crippen LogP contribution is 2.47. The van der Waals surface area contributed by atoms with Gasteiger partial charge in [-0.25, -0.2) is 8.78 Å². The normalized spacial score (nSPS) is 23.4. The Hall–Kier alpha value is -2.02. The predicted octanol–water partition coefficient (Wildman–Crippen LogP) is 1.40. The van der Waals surface area contributed by atoms with Crippen LogP contribution in [0.25, 0.3) is 0 Å². The molecule has 1 aliphatic carbocycles. The summed E-state index contributed by atoms with van der Waals surface area (Å²) in [5.41, 5.74) is 4.43. The second-order valence-corrected chi connectivity index (χ2v) is 5.41. The molecule has 0 aliphatic heterocycles. The third kappa shape index (κ3) is 3.18. The molecule has 3 atom stereocenters. The summed E-state index contributed by atoms with van der Waals surface area (Å²) < 4.78 is 26.2. The Balaban J connectivity index is 2.11. The van der Waals surface area contributed by atoms with Gasteiger partial charge in [0.25, 0.3) is 0 Å². The minimum atomic E-state index is -1.70. The summed E-state index contributed by atoms with van der Waals surface area (Å²) in [4.78, 5) is 22.2. The minimum Gasteiger partial charge on any atom is -0.481 e. The first-order valence-corrected chi connectivity index (χ1v) is 6.44. The van der Waals surface area contributed by atoms with Gasteiger partial charge in [-0.2, -0.15) is 0 Å². The van der Waals surface area contributed by atoms with Gasteiger partial charge >= 0.3 is 11.9 Å². The number of nitrogens with two attached hydrogens (primary N) is 1. The van der Waals surface area contributed by atoms with Crippen molar-refractivity contribution in [2.75, 3.05) is 0 Å². The number of halogens is 2. The smallest absolute Gasteiger partial charge is 0.324 e. The molecular formula is C14H15F2NO4. The zero-order valence-corrected chi connectivity index (χ0v) is 11.1. The minimum absolute atomic E-state index is 0.0559. The standard InChI is InChI=1S/C14H15F2NO4/c15-8-3-7(4-9(16)5-8)1-2-14(17,13(20)21)11-6-10(11)12(18)19/h3-5,10-11H,1-2,6,17H2,(H,18,19)(H,20,21)/t10-,11?,14+/m0/s1. The highest BCUT2D eigenvalue weighted by Gasteiger charge is 2.57. The lowest BCUT2D eigenvalue weighted by molar-refractivity contribution is -0.145. The van der Waals surface area contributed by atoms with Gasteiger partial charge < -0.3 is 15.9 Å². The number of benzene rings is 1. The van der Waals surface area contributed by atoms with Crippen molar-refractivity contribution in [3.05, 3.63) is 35.4 Å². The summed E-state index contributed by atoms with van der Waals surface area (Å²) in [6.07, 6.45) is 0.176. The molecule has 2 rings (SSSR count). The number of hydrogen-bond donors (Lipinski definition) is 3. The summed E-state index contributed by atoms with van der Waals surface area (Å²) in [6, 6.07) is 2.93. The van der Waals surface area contributed by atoms with Gasteiger partial charge in [-0.05, 0) is 37.0 Å². The van der Waals surface area contributed by atoms with Crippen molar-refractivity contribution in [2.24, 2.45) is 17.6 Å². The number of aliphatic carboxylic acids is 2. The SMILES string of the molecule is N[C@@](CCc1cc(F)cc(F)c1)(C(=O)O)C1C[C@@H]1C(=O)O. The van der Waals surface area contributed by atoms with E-state index in [9.17, 15) is 23.5 Å². The van der Waals surface area contributed by atoms with Crippen LogP contribution in [0.5, 0.6) is 0 Å². The van der Waals surface area contributed by atoms with Crippen LogP contribution < -0.4 is 5.73 Å². The lowest BCUT2D eigenvalue weighted by Gasteiger charge is -2.25. The number of carboxylic acid groups (broad SMARTS) is 2. The fourth-order valence-corrected chi connectivity index (χ4v) is 2.59. The number of aryl methyl sites for hydroxylation is 1. The Morgan fingerprint density at radius 3 is 2.24 bits per heavy atom. The zero-order chi connectivity index (χ0) is 15.8. The average Bonchev–Trinajstić information content (AvgIpc) is 3.15. The molecule has 4 N–H and O–H groups in total. The molecule has 1 aliphatic rings. The lowest BCUT2D eigenvalue weighted by Crippen LogP contribution is -2.51. The van der Waals surface area contributed by atoms with Gasteiger partial charge in [0.05, 0.1) is 5.92 Å². The molecule has 1 fully saturated rings. The van der Waals surface area contributed by atoms with Gasteiger partial charge in [0.1, 0.15) is 17.2 Å². The van der Waals surface area contributed by atoms with Gasteiger partial charge in [-0.1, -0.05) is 0 Å². The van der Waals surface area contributed by atoms with Gasteiger partial charge in [-0.3, -0.25) is 9.59 Å². The Morgan fingerprint density at radius 1 is 1.24 bits per heavy atom. The molecule has 1 saturated carbocycles. The maximum atomic E-state index is 13.1. The van der Waals surface area contributed by atoms with Crippen molar-refractivity contribution >= 4 is 11.9 Å². The van der Waals surface area contributed by atoms with Crippen molar-refractivity contribution in [1.82, 2.24) is 0 Å². The maximum Gasteiger partial charge on any atom is 0.324 e. The monoisotopic (exact) mass is 299 g/mol. The molecule has 1 aromatic rings. The second-order valence-electron chi connectivity index (χ2n) is 5.41. The van der Waals surface area contributed by atoms with Crippen LogP contribution in [0.2, 0.25) is 0 Å². The largest absolute Gasteiger partial charge is 0.481 e. The summed E-state index contributed by atoms with van der Waals surface area (Å²) >= 11 is 0.